The summed E-state index contributed by atoms with van der Waals surface area (Å²) in [6, 6.07) is 8.00. The molecular formula is C16H13F3O2. The second kappa shape index (κ2) is 5.06. The zero-order valence-electron chi connectivity index (χ0n) is 11.1. The summed E-state index contributed by atoms with van der Waals surface area (Å²) in [4.78, 5) is 12.4. The lowest BCUT2D eigenvalue weighted by Crippen LogP contribution is -2.32. The van der Waals surface area contributed by atoms with Gasteiger partial charge in [0.25, 0.3) is 0 Å². The van der Waals surface area contributed by atoms with Crippen LogP contribution in [0.25, 0.3) is 0 Å². The Kier molecular flexibility index (Phi) is 3.35. The summed E-state index contributed by atoms with van der Waals surface area (Å²) in [5.41, 5.74) is -0.0130. The first-order chi connectivity index (χ1) is 9.97. The van der Waals surface area contributed by atoms with Gasteiger partial charge in [0.2, 0.25) is 5.76 Å². The van der Waals surface area contributed by atoms with Crippen molar-refractivity contribution in [2.24, 2.45) is 5.92 Å². The van der Waals surface area contributed by atoms with Gasteiger partial charge in [0.1, 0.15) is 6.10 Å². The van der Waals surface area contributed by atoms with E-state index in [1.165, 1.54) is 12.1 Å². The van der Waals surface area contributed by atoms with Gasteiger partial charge >= 0.3 is 6.18 Å². The van der Waals surface area contributed by atoms with E-state index >= 15 is 0 Å². The fourth-order valence-corrected chi connectivity index (χ4v) is 2.77. The Labute approximate surface area is 119 Å². The van der Waals surface area contributed by atoms with Crippen molar-refractivity contribution in [3.05, 3.63) is 59.4 Å². The molecule has 0 amide bonds. The van der Waals surface area contributed by atoms with E-state index in [1.54, 1.807) is 30.4 Å². The molecule has 0 radical (unpaired) electrons. The summed E-state index contributed by atoms with van der Waals surface area (Å²) in [6.07, 6.45) is -1.05. The predicted molar refractivity (Wildman–Crippen MR) is 70.6 cm³/mol. The van der Waals surface area contributed by atoms with Crippen molar-refractivity contribution in [3.63, 3.8) is 0 Å². The molecule has 1 aromatic carbocycles. The van der Waals surface area contributed by atoms with E-state index in [-0.39, 0.29) is 23.5 Å². The van der Waals surface area contributed by atoms with E-state index < -0.39 is 23.8 Å². The Morgan fingerprint density at radius 1 is 1.19 bits per heavy atom. The molecule has 110 valence electrons. The fraction of sp³-hybridized carbons (Fsp3) is 0.312. The van der Waals surface area contributed by atoms with Gasteiger partial charge in [-0.2, -0.15) is 13.2 Å². The Morgan fingerprint density at radius 2 is 1.90 bits per heavy atom. The number of Topliss-reactive ketones (excluding diaryl/α,β-unsaturated/α-hetero) is 1. The van der Waals surface area contributed by atoms with Crippen LogP contribution in [0.1, 0.15) is 23.2 Å². The molecule has 2 aliphatic rings. The molecule has 0 aromatic heterocycles. The summed E-state index contributed by atoms with van der Waals surface area (Å²) in [5, 5.41) is 0. The molecule has 1 aliphatic carbocycles. The maximum absolute atomic E-state index is 13.2. The van der Waals surface area contributed by atoms with Gasteiger partial charge in [0.05, 0.1) is 0 Å². The van der Waals surface area contributed by atoms with Gasteiger partial charge in [-0.15, -0.1) is 0 Å². The minimum atomic E-state index is -4.65. The highest BCUT2D eigenvalue weighted by atomic mass is 19.4. The molecule has 21 heavy (non-hydrogen) atoms. The molecule has 3 rings (SSSR count). The molecule has 0 saturated heterocycles. The number of ether oxygens (including phenoxy) is 1. The Balaban J connectivity index is 2.01. The minimum absolute atomic E-state index is 0.0845. The quantitative estimate of drug-likeness (QED) is 0.607. The van der Waals surface area contributed by atoms with Crippen molar-refractivity contribution in [2.45, 2.75) is 25.1 Å². The van der Waals surface area contributed by atoms with E-state index in [0.29, 0.717) is 6.42 Å². The average molecular weight is 294 g/mol. The molecule has 0 saturated carbocycles. The van der Waals surface area contributed by atoms with Crippen LogP contribution >= 0.6 is 0 Å². The van der Waals surface area contributed by atoms with Crippen LogP contribution in [0.5, 0.6) is 0 Å². The monoisotopic (exact) mass is 294 g/mol. The van der Waals surface area contributed by atoms with E-state index in [0.717, 1.165) is 0 Å². The topological polar surface area (TPSA) is 26.3 Å². The van der Waals surface area contributed by atoms with Gasteiger partial charge in [-0.25, -0.2) is 0 Å². The van der Waals surface area contributed by atoms with Crippen molar-refractivity contribution in [3.8, 4) is 0 Å². The van der Waals surface area contributed by atoms with Crippen LogP contribution < -0.4 is 0 Å². The number of hydrogen-bond donors (Lipinski definition) is 0. The highest BCUT2D eigenvalue weighted by molar-refractivity contribution is 6.09. The highest BCUT2D eigenvalue weighted by Gasteiger charge is 2.46. The maximum Gasteiger partial charge on any atom is 0.449 e. The molecule has 2 nitrogen and oxygen atoms in total. The summed E-state index contributed by atoms with van der Waals surface area (Å²) >= 11 is 0. The van der Waals surface area contributed by atoms with Crippen LogP contribution in [0.15, 0.2) is 53.8 Å². The zero-order valence-corrected chi connectivity index (χ0v) is 11.1. The third-order valence-electron chi connectivity index (χ3n) is 3.79. The number of hydrogen-bond acceptors (Lipinski definition) is 2. The Hall–Kier alpha value is -2.04. The Morgan fingerprint density at radius 3 is 2.57 bits per heavy atom. The van der Waals surface area contributed by atoms with Crippen LogP contribution in [-0.4, -0.2) is 18.1 Å². The Bertz CT molecular complexity index is 614. The second-order valence-corrected chi connectivity index (χ2v) is 5.21. The maximum atomic E-state index is 13.2. The van der Waals surface area contributed by atoms with Crippen molar-refractivity contribution < 1.29 is 22.7 Å². The standard InChI is InChI=1S/C16H13F3O2/c17-16(18,19)15-12(9-11-7-4-8-13(11)21-15)14(20)10-5-2-1-3-6-10/h1-6,8,11,13H,7,9H2. The van der Waals surface area contributed by atoms with Crippen LogP contribution in [0, 0.1) is 5.92 Å². The van der Waals surface area contributed by atoms with Gasteiger partial charge in [-0.3, -0.25) is 4.79 Å². The number of benzene rings is 1. The number of ketones is 1. The lowest BCUT2D eigenvalue weighted by Gasteiger charge is -2.31. The van der Waals surface area contributed by atoms with E-state index in [2.05, 4.69) is 0 Å². The average Bonchev–Trinajstić information content (AvgIpc) is 2.92. The van der Waals surface area contributed by atoms with E-state index in [9.17, 15) is 18.0 Å². The van der Waals surface area contributed by atoms with Gasteiger partial charge in [0.15, 0.2) is 5.78 Å². The number of halogens is 3. The van der Waals surface area contributed by atoms with Gasteiger partial charge < -0.3 is 4.74 Å². The summed E-state index contributed by atoms with van der Waals surface area (Å²) in [7, 11) is 0. The van der Waals surface area contributed by atoms with Gasteiger partial charge in [-0.05, 0) is 18.9 Å². The number of carbonyl (C=O) groups is 1. The molecular weight excluding hydrogens is 281 g/mol. The zero-order chi connectivity index (χ0) is 15.0. The molecule has 0 N–H and O–H groups in total. The number of rotatable bonds is 2. The highest BCUT2D eigenvalue weighted by Crippen LogP contribution is 2.42. The molecule has 2 unspecified atom stereocenters. The number of allylic oxidation sites excluding steroid dienone is 3. The fourth-order valence-electron chi connectivity index (χ4n) is 2.77. The largest absolute Gasteiger partial charge is 0.481 e. The van der Waals surface area contributed by atoms with Crippen molar-refractivity contribution >= 4 is 5.78 Å². The van der Waals surface area contributed by atoms with Crippen molar-refractivity contribution in [1.82, 2.24) is 0 Å². The smallest absolute Gasteiger partial charge is 0.449 e. The molecule has 1 aromatic rings. The first-order valence-corrected chi connectivity index (χ1v) is 6.70. The third kappa shape index (κ3) is 2.60. The molecule has 0 bridgehead atoms. The molecule has 1 aliphatic heterocycles. The normalized spacial score (nSPS) is 24.7. The summed E-state index contributed by atoms with van der Waals surface area (Å²) in [6.45, 7) is 0. The summed E-state index contributed by atoms with van der Waals surface area (Å²) in [5.74, 6) is -1.82. The van der Waals surface area contributed by atoms with E-state index in [4.69, 9.17) is 4.74 Å². The molecule has 5 heteroatoms. The number of fused-ring (bicyclic) bond motifs is 1. The number of carbonyl (C=O) groups excluding carboxylic acids is 1. The second-order valence-electron chi connectivity index (χ2n) is 5.21. The lowest BCUT2D eigenvalue weighted by molar-refractivity contribution is -0.144. The molecule has 1 heterocycles. The van der Waals surface area contributed by atoms with Crippen molar-refractivity contribution in [2.75, 3.05) is 0 Å². The first-order valence-electron chi connectivity index (χ1n) is 6.70. The molecule has 2 atom stereocenters. The SMILES string of the molecule is O=C(C1=C(C(F)(F)F)OC2C=CCC2C1)c1ccccc1. The molecule has 0 spiro atoms. The number of alkyl halides is 3. The minimum Gasteiger partial charge on any atom is -0.481 e. The van der Waals surface area contributed by atoms with E-state index in [1.807, 2.05) is 0 Å². The van der Waals surface area contributed by atoms with Crippen LogP contribution in [-0.2, 0) is 4.74 Å². The van der Waals surface area contributed by atoms with Crippen LogP contribution in [0.2, 0.25) is 0 Å². The van der Waals surface area contributed by atoms with Crippen LogP contribution in [0.3, 0.4) is 0 Å². The molecule has 0 fully saturated rings. The predicted octanol–water partition coefficient (Wildman–Crippen LogP) is 4.05. The lowest BCUT2D eigenvalue weighted by atomic mass is 9.87. The van der Waals surface area contributed by atoms with Gasteiger partial charge in [-0.1, -0.05) is 36.4 Å². The first kappa shape index (κ1) is 13.9. The van der Waals surface area contributed by atoms with Crippen molar-refractivity contribution in [1.29, 1.82) is 0 Å². The van der Waals surface area contributed by atoms with Gasteiger partial charge in [0, 0.05) is 17.1 Å². The third-order valence-corrected chi connectivity index (χ3v) is 3.79. The van der Waals surface area contributed by atoms with Crippen LogP contribution in [0.4, 0.5) is 13.2 Å². The summed E-state index contributed by atoms with van der Waals surface area (Å²) < 4.78 is 44.6.